The highest BCUT2D eigenvalue weighted by Gasteiger charge is 2.32. The van der Waals surface area contributed by atoms with E-state index in [4.69, 9.17) is 5.73 Å². The van der Waals surface area contributed by atoms with Crippen LogP contribution in [-0.4, -0.2) is 43.1 Å². The van der Waals surface area contributed by atoms with E-state index in [1.54, 1.807) is 0 Å². The van der Waals surface area contributed by atoms with E-state index in [0.29, 0.717) is 5.56 Å². The molecule has 2 aromatic rings. The number of halogens is 3. The molecule has 0 aliphatic rings. The lowest BCUT2D eigenvalue weighted by molar-refractivity contribution is -0.141. The highest BCUT2D eigenvalue weighted by atomic mass is 32.2. The first-order chi connectivity index (χ1) is 11.7. The standard InChI is InChI=1S/C13H13F3N6O2S/c1-7(10(23)19-11(17)24)25-12-21-20-9(8-2-4-18-5-3-8)22(12)6-13(14,15)16/h2-5,7H,6H2,1H3,(H3,17,19,23,24). The van der Waals surface area contributed by atoms with E-state index >= 15 is 0 Å². The van der Waals surface area contributed by atoms with Crippen molar-refractivity contribution in [3.05, 3.63) is 24.5 Å². The van der Waals surface area contributed by atoms with Crippen LogP contribution in [0.4, 0.5) is 18.0 Å². The van der Waals surface area contributed by atoms with Crippen molar-refractivity contribution < 1.29 is 22.8 Å². The molecule has 3 amide bonds. The van der Waals surface area contributed by atoms with Gasteiger partial charge in [-0.2, -0.15) is 13.2 Å². The number of urea groups is 1. The molecule has 2 aromatic heterocycles. The van der Waals surface area contributed by atoms with E-state index in [1.807, 2.05) is 5.32 Å². The number of nitrogens with zero attached hydrogens (tertiary/aromatic N) is 4. The van der Waals surface area contributed by atoms with Gasteiger partial charge in [-0.3, -0.25) is 19.7 Å². The molecule has 0 radical (unpaired) electrons. The number of primary amides is 1. The smallest absolute Gasteiger partial charge is 0.351 e. The van der Waals surface area contributed by atoms with Crippen molar-refractivity contribution >= 4 is 23.7 Å². The van der Waals surface area contributed by atoms with Crippen LogP contribution in [0.1, 0.15) is 6.92 Å². The fraction of sp³-hybridized carbons (Fsp3) is 0.308. The number of alkyl halides is 3. The Morgan fingerprint density at radius 1 is 1.32 bits per heavy atom. The van der Waals surface area contributed by atoms with Crippen LogP contribution in [0.25, 0.3) is 11.4 Å². The third-order valence-corrected chi connectivity index (χ3v) is 3.97. The summed E-state index contributed by atoms with van der Waals surface area (Å²) in [5.74, 6) is -0.755. The van der Waals surface area contributed by atoms with Crippen LogP contribution >= 0.6 is 11.8 Å². The van der Waals surface area contributed by atoms with Gasteiger partial charge in [0.2, 0.25) is 5.91 Å². The van der Waals surface area contributed by atoms with Gasteiger partial charge in [0.05, 0.1) is 5.25 Å². The number of rotatable bonds is 5. The summed E-state index contributed by atoms with van der Waals surface area (Å²) in [6.45, 7) is 0.0752. The molecule has 0 saturated carbocycles. The van der Waals surface area contributed by atoms with E-state index < -0.39 is 29.9 Å². The number of carbonyl (C=O) groups excluding carboxylic acids is 2. The number of pyridine rings is 1. The minimum Gasteiger partial charge on any atom is -0.351 e. The first-order valence-electron chi connectivity index (χ1n) is 6.84. The Hall–Kier alpha value is -2.63. The van der Waals surface area contributed by atoms with Gasteiger partial charge in [0.1, 0.15) is 6.54 Å². The van der Waals surface area contributed by atoms with Gasteiger partial charge in [-0.05, 0) is 19.1 Å². The lowest BCUT2D eigenvalue weighted by atomic mass is 10.2. The predicted molar refractivity (Wildman–Crippen MR) is 82.4 cm³/mol. The second-order valence-electron chi connectivity index (χ2n) is 4.86. The number of carbonyl (C=O) groups is 2. The van der Waals surface area contributed by atoms with Crippen LogP contribution in [-0.2, 0) is 11.3 Å². The number of amides is 3. The summed E-state index contributed by atoms with van der Waals surface area (Å²) in [4.78, 5) is 26.2. The lowest BCUT2D eigenvalue weighted by Gasteiger charge is -2.14. The summed E-state index contributed by atoms with van der Waals surface area (Å²) in [5, 5.41) is 8.36. The van der Waals surface area contributed by atoms with E-state index in [1.165, 1.54) is 31.5 Å². The van der Waals surface area contributed by atoms with Gasteiger partial charge < -0.3 is 5.73 Å². The Morgan fingerprint density at radius 2 is 1.96 bits per heavy atom. The molecule has 1 atom stereocenters. The SMILES string of the molecule is CC(Sc1nnc(-c2ccncc2)n1CC(F)(F)F)C(=O)NC(N)=O. The van der Waals surface area contributed by atoms with Crippen molar-refractivity contribution in [2.45, 2.75) is 30.1 Å². The van der Waals surface area contributed by atoms with Gasteiger partial charge >= 0.3 is 12.2 Å². The highest BCUT2D eigenvalue weighted by Crippen LogP contribution is 2.30. The van der Waals surface area contributed by atoms with Crippen molar-refractivity contribution in [3.8, 4) is 11.4 Å². The number of imide groups is 1. The largest absolute Gasteiger partial charge is 0.406 e. The average molecular weight is 374 g/mol. The molecular formula is C13H13F3N6O2S. The summed E-state index contributed by atoms with van der Waals surface area (Å²) in [5.41, 5.74) is 5.25. The summed E-state index contributed by atoms with van der Waals surface area (Å²) in [6.07, 6.45) is -1.69. The molecule has 134 valence electrons. The molecule has 0 bridgehead atoms. The van der Waals surface area contributed by atoms with Gasteiger partial charge in [-0.25, -0.2) is 4.79 Å². The summed E-state index contributed by atoms with van der Waals surface area (Å²) in [6, 6.07) is 1.94. The average Bonchev–Trinajstić information content (AvgIpc) is 2.88. The minimum absolute atomic E-state index is 0.00951. The third-order valence-electron chi connectivity index (χ3n) is 2.89. The van der Waals surface area contributed by atoms with Crippen molar-refractivity contribution in [2.75, 3.05) is 0 Å². The second-order valence-corrected chi connectivity index (χ2v) is 6.16. The minimum atomic E-state index is -4.52. The molecule has 0 spiro atoms. The molecule has 0 saturated heterocycles. The Kier molecular flexibility index (Phi) is 5.62. The molecule has 0 fully saturated rings. The molecule has 0 aromatic carbocycles. The monoisotopic (exact) mass is 374 g/mol. The van der Waals surface area contributed by atoms with E-state index in [9.17, 15) is 22.8 Å². The Labute approximate surface area is 144 Å². The fourth-order valence-corrected chi connectivity index (χ4v) is 2.70. The number of nitrogens with one attached hydrogen (secondary N) is 1. The van der Waals surface area contributed by atoms with Gasteiger partial charge in [0.15, 0.2) is 11.0 Å². The number of hydrogen-bond acceptors (Lipinski definition) is 6. The quantitative estimate of drug-likeness (QED) is 0.768. The van der Waals surface area contributed by atoms with Crippen LogP contribution in [0.2, 0.25) is 0 Å². The number of thioether (sulfide) groups is 1. The normalized spacial score (nSPS) is 12.6. The summed E-state index contributed by atoms with van der Waals surface area (Å²) < 4.78 is 39.6. The van der Waals surface area contributed by atoms with Crippen LogP contribution in [0.5, 0.6) is 0 Å². The zero-order valence-electron chi connectivity index (χ0n) is 12.8. The van der Waals surface area contributed by atoms with Crippen molar-refractivity contribution in [1.29, 1.82) is 0 Å². The highest BCUT2D eigenvalue weighted by molar-refractivity contribution is 8.00. The molecule has 3 N–H and O–H groups in total. The number of hydrogen-bond donors (Lipinski definition) is 2. The molecule has 2 heterocycles. The first-order valence-corrected chi connectivity index (χ1v) is 7.72. The van der Waals surface area contributed by atoms with Crippen molar-refractivity contribution in [2.24, 2.45) is 5.73 Å². The van der Waals surface area contributed by atoms with Gasteiger partial charge in [-0.15, -0.1) is 10.2 Å². The van der Waals surface area contributed by atoms with E-state index in [-0.39, 0.29) is 11.0 Å². The van der Waals surface area contributed by atoms with Crippen molar-refractivity contribution in [1.82, 2.24) is 25.1 Å². The number of nitrogens with two attached hydrogens (primary N) is 1. The molecule has 2 rings (SSSR count). The van der Waals surface area contributed by atoms with Gasteiger partial charge in [0, 0.05) is 18.0 Å². The predicted octanol–water partition coefficient (Wildman–Crippen LogP) is 1.58. The van der Waals surface area contributed by atoms with Crippen LogP contribution < -0.4 is 11.1 Å². The molecule has 8 nitrogen and oxygen atoms in total. The summed E-state index contributed by atoms with van der Waals surface area (Å²) in [7, 11) is 0. The maximum Gasteiger partial charge on any atom is 0.406 e. The van der Waals surface area contributed by atoms with Crippen molar-refractivity contribution in [3.63, 3.8) is 0 Å². The van der Waals surface area contributed by atoms with Gasteiger partial charge in [-0.1, -0.05) is 11.8 Å². The summed E-state index contributed by atoms with van der Waals surface area (Å²) >= 11 is 0.730. The molecule has 0 aliphatic carbocycles. The van der Waals surface area contributed by atoms with Crippen LogP contribution in [0, 0.1) is 0 Å². The zero-order valence-corrected chi connectivity index (χ0v) is 13.6. The van der Waals surface area contributed by atoms with E-state index in [0.717, 1.165) is 16.3 Å². The maximum absolute atomic E-state index is 12.9. The molecule has 12 heteroatoms. The zero-order chi connectivity index (χ0) is 18.6. The first kappa shape index (κ1) is 18.7. The Morgan fingerprint density at radius 3 is 2.52 bits per heavy atom. The van der Waals surface area contributed by atoms with Crippen LogP contribution in [0.15, 0.2) is 29.7 Å². The van der Waals surface area contributed by atoms with Gasteiger partial charge in [0.25, 0.3) is 0 Å². The third kappa shape index (κ3) is 5.17. The molecule has 0 aliphatic heterocycles. The molecular weight excluding hydrogens is 361 g/mol. The second kappa shape index (κ2) is 7.51. The Balaban J connectivity index is 2.33. The van der Waals surface area contributed by atoms with E-state index in [2.05, 4.69) is 15.2 Å². The molecule has 1 unspecified atom stereocenters. The maximum atomic E-state index is 12.9. The topological polar surface area (TPSA) is 116 Å². The molecule has 25 heavy (non-hydrogen) atoms. The number of aromatic nitrogens is 4. The lowest BCUT2D eigenvalue weighted by Crippen LogP contribution is -2.39. The Bertz CT molecular complexity index is 765. The van der Waals surface area contributed by atoms with Crippen LogP contribution in [0.3, 0.4) is 0 Å². The fourth-order valence-electron chi connectivity index (χ4n) is 1.85.